The van der Waals surface area contributed by atoms with Gasteiger partial charge in [-0.15, -0.1) is 11.8 Å². The molecular weight excluding hydrogens is 438 g/mol. The Morgan fingerprint density at radius 2 is 1.52 bits per heavy atom. The van der Waals surface area contributed by atoms with Crippen molar-refractivity contribution >= 4 is 51.7 Å². The molecular formula is C25H19N3O4S. The van der Waals surface area contributed by atoms with Gasteiger partial charge in [0.25, 0.3) is 5.91 Å². The summed E-state index contributed by atoms with van der Waals surface area (Å²) in [4.78, 5) is 41.6. The Kier molecular flexibility index (Phi) is 6.66. The summed E-state index contributed by atoms with van der Waals surface area (Å²) >= 11 is 1.34. The molecule has 164 valence electrons. The normalized spacial score (nSPS) is 10.5. The fourth-order valence-electron chi connectivity index (χ4n) is 3.35. The number of anilines is 2. The van der Waals surface area contributed by atoms with Gasteiger partial charge >= 0.3 is 5.97 Å². The summed E-state index contributed by atoms with van der Waals surface area (Å²) in [5, 5.41) is 16.2. The van der Waals surface area contributed by atoms with Gasteiger partial charge < -0.3 is 15.7 Å². The largest absolute Gasteiger partial charge is 0.478 e. The summed E-state index contributed by atoms with van der Waals surface area (Å²) in [5.74, 6) is -1.46. The summed E-state index contributed by atoms with van der Waals surface area (Å²) < 4.78 is 0. The number of fused-ring (bicyclic) bond motifs is 1. The van der Waals surface area contributed by atoms with E-state index in [1.807, 2.05) is 6.07 Å². The van der Waals surface area contributed by atoms with E-state index in [0.717, 1.165) is 4.90 Å². The molecule has 1 heterocycles. The maximum atomic E-state index is 13.0. The Balaban J connectivity index is 1.47. The molecule has 33 heavy (non-hydrogen) atoms. The minimum atomic E-state index is -1.09. The molecule has 0 fully saturated rings. The van der Waals surface area contributed by atoms with Crippen molar-refractivity contribution in [2.75, 3.05) is 16.4 Å². The van der Waals surface area contributed by atoms with Gasteiger partial charge in [0.05, 0.1) is 11.3 Å². The summed E-state index contributed by atoms with van der Waals surface area (Å²) in [6, 6.07) is 20.6. The van der Waals surface area contributed by atoms with E-state index in [-0.39, 0.29) is 22.8 Å². The van der Waals surface area contributed by atoms with Crippen LogP contribution in [0.1, 0.15) is 20.7 Å². The quantitative estimate of drug-likeness (QED) is 0.340. The maximum Gasteiger partial charge on any atom is 0.336 e. The number of benzene rings is 3. The number of carboxylic acids is 1. The topological polar surface area (TPSA) is 108 Å². The summed E-state index contributed by atoms with van der Waals surface area (Å²) in [6.45, 7) is 0. The number of carbonyl (C=O) groups excluding carboxylic acids is 2. The van der Waals surface area contributed by atoms with Gasteiger partial charge in [0.2, 0.25) is 5.91 Å². The van der Waals surface area contributed by atoms with Crippen molar-refractivity contribution < 1.29 is 19.5 Å². The van der Waals surface area contributed by atoms with Crippen molar-refractivity contribution in [3.05, 3.63) is 96.3 Å². The highest BCUT2D eigenvalue weighted by Crippen LogP contribution is 2.26. The van der Waals surface area contributed by atoms with Crippen LogP contribution >= 0.6 is 11.8 Å². The van der Waals surface area contributed by atoms with Gasteiger partial charge in [-0.1, -0.05) is 30.3 Å². The van der Waals surface area contributed by atoms with Crippen LogP contribution in [0.2, 0.25) is 0 Å². The minimum Gasteiger partial charge on any atom is -0.478 e. The Morgan fingerprint density at radius 3 is 2.24 bits per heavy atom. The lowest BCUT2D eigenvalue weighted by molar-refractivity contribution is -0.113. The molecule has 7 nitrogen and oxygen atoms in total. The number of aromatic carboxylic acids is 1. The van der Waals surface area contributed by atoms with E-state index in [1.54, 1.807) is 73.1 Å². The average molecular weight is 458 g/mol. The first-order valence-corrected chi connectivity index (χ1v) is 11.0. The van der Waals surface area contributed by atoms with Gasteiger partial charge in [-0.2, -0.15) is 0 Å². The van der Waals surface area contributed by atoms with Crippen molar-refractivity contribution in [1.82, 2.24) is 4.98 Å². The Morgan fingerprint density at radius 1 is 0.818 bits per heavy atom. The highest BCUT2D eigenvalue weighted by atomic mass is 32.2. The molecule has 3 N–H and O–H groups in total. The third kappa shape index (κ3) is 5.36. The van der Waals surface area contributed by atoms with Crippen LogP contribution in [-0.2, 0) is 4.79 Å². The van der Waals surface area contributed by atoms with Crippen LogP contribution in [0.4, 0.5) is 11.4 Å². The molecule has 4 aromatic rings. The molecule has 4 rings (SSSR count). The molecule has 0 bridgehead atoms. The van der Waals surface area contributed by atoms with Gasteiger partial charge in [0.1, 0.15) is 0 Å². The molecule has 0 aliphatic rings. The van der Waals surface area contributed by atoms with Crippen molar-refractivity contribution in [3.63, 3.8) is 0 Å². The van der Waals surface area contributed by atoms with Crippen molar-refractivity contribution in [1.29, 1.82) is 0 Å². The fourth-order valence-corrected chi connectivity index (χ4v) is 4.11. The van der Waals surface area contributed by atoms with Crippen LogP contribution in [0, 0.1) is 0 Å². The zero-order valence-electron chi connectivity index (χ0n) is 17.3. The Hall–Kier alpha value is -4.17. The first-order valence-electron chi connectivity index (χ1n) is 10.0. The standard InChI is InChI=1S/C25H19N3O4S/c29-22(27-17-10-12-26-13-11-17)15-33-19-7-3-6-18(14-19)28-24(30)20-8-1-4-16-5-2-9-21(23(16)20)25(31)32/h1-14H,15H2,(H,28,30)(H,31,32)(H,26,27,29). The highest BCUT2D eigenvalue weighted by molar-refractivity contribution is 8.00. The predicted molar refractivity (Wildman–Crippen MR) is 129 cm³/mol. The van der Waals surface area contributed by atoms with Crippen LogP contribution in [0.15, 0.2) is 90.1 Å². The Labute approximate surface area is 193 Å². The monoisotopic (exact) mass is 457 g/mol. The Bertz CT molecular complexity index is 1340. The zero-order chi connectivity index (χ0) is 23.2. The smallest absolute Gasteiger partial charge is 0.336 e. The van der Waals surface area contributed by atoms with E-state index in [9.17, 15) is 19.5 Å². The van der Waals surface area contributed by atoms with Gasteiger partial charge in [0.15, 0.2) is 0 Å². The van der Waals surface area contributed by atoms with Crippen molar-refractivity contribution in [2.24, 2.45) is 0 Å². The number of hydrogen-bond donors (Lipinski definition) is 3. The number of nitrogens with zero attached hydrogens (tertiary/aromatic N) is 1. The lowest BCUT2D eigenvalue weighted by atomic mass is 9.98. The number of amides is 2. The summed E-state index contributed by atoms with van der Waals surface area (Å²) in [5.41, 5.74) is 1.57. The molecule has 0 aliphatic carbocycles. The SMILES string of the molecule is O=C(CSc1cccc(NC(=O)c2cccc3cccc(C(=O)O)c23)c1)Nc1ccncc1. The molecule has 0 saturated heterocycles. The molecule has 8 heteroatoms. The van der Waals surface area contributed by atoms with E-state index in [4.69, 9.17) is 0 Å². The average Bonchev–Trinajstić information content (AvgIpc) is 2.82. The number of carboxylic acid groups (broad SMARTS) is 1. The van der Waals surface area contributed by atoms with Gasteiger partial charge in [-0.25, -0.2) is 4.79 Å². The van der Waals surface area contributed by atoms with Crippen molar-refractivity contribution in [2.45, 2.75) is 4.90 Å². The molecule has 0 atom stereocenters. The lowest BCUT2D eigenvalue weighted by Crippen LogP contribution is -2.14. The van der Waals surface area contributed by atoms with E-state index in [2.05, 4.69) is 15.6 Å². The fraction of sp³-hybridized carbons (Fsp3) is 0.0400. The van der Waals surface area contributed by atoms with Crippen LogP contribution < -0.4 is 10.6 Å². The number of carbonyl (C=O) groups is 3. The molecule has 2 amide bonds. The lowest BCUT2D eigenvalue weighted by Gasteiger charge is -2.11. The third-order valence-electron chi connectivity index (χ3n) is 4.81. The molecule has 0 saturated carbocycles. The molecule has 0 spiro atoms. The third-order valence-corrected chi connectivity index (χ3v) is 5.80. The van der Waals surface area contributed by atoms with Crippen LogP contribution in [0.5, 0.6) is 0 Å². The van der Waals surface area contributed by atoms with Gasteiger partial charge in [-0.3, -0.25) is 14.6 Å². The van der Waals surface area contributed by atoms with E-state index < -0.39 is 11.9 Å². The van der Waals surface area contributed by atoms with Crippen molar-refractivity contribution in [3.8, 4) is 0 Å². The number of nitrogens with one attached hydrogen (secondary N) is 2. The first-order chi connectivity index (χ1) is 16.0. The van der Waals surface area contributed by atoms with E-state index >= 15 is 0 Å². The summed E-state index contributed by atoms with van der Waals surface area (Å²) in [6.07, 6.45) is 3.20. The number of rotatable bonds is 7. The van der Waals surface area contributed by atoms with Gasteiger partial charge in [-0.05, 0) is 47.9 Å². The number of aromatic nitrogens is 1. The molecule has 0 aliphatic heterocycles. The summed E-state index contributed by atoms with van der Waals surface area (Å²) in [7, 11) is 0. The van der Waals surface area contributed by atoms with Crippen LogP contribution in [-0.4, -0.2) is 33.6 Å². The second-order valence-corrected chi connectivity index (χ2v) is 8.12. The number of thioether (sulfide) groups is 1. The zero-order valence-corrected chi connectivity index (χ0v) is 18.1. The molecule has 0 radical (unpaired) electrons. The van der Waals surface area contributed by atoms with Crippen LogP contribution in [0.25, 0.3) is 10.8 Å². The molecule has 1 aromatic heterocycles. The molecule has 3 aromatic carbocycles. The van der Waals surface area contributed by atoms with E-state index in [0.29, 0.717) is 22.1 Å². The van der Waals surface area contributed by atoms with E-state index in [1.165, 1.54) is 17.8 Å². The molecule has 0 unspecified atom stereocenters. The van der Waals surface area contributed by atoms with Crippen LogP contribution in [0.3, 0.4) is 0 Å². The minimum absolute atomic E-state index is 0.0720. The predicted octanol–water partition coefficient (Wildman–Crippen LogP) is 4.92. The number of hydrogen-bond acceptors (Lipinski definition) is 5. The maximum absolute atomic E-state index is 13.0. The number of pyridine rings is 1. The second-order valence-electron chi connectivity index (χ2n) is 7.07. The van der Waals surface area contributed by atoms with Gasteiger partial charge in [0, 0.05) is 39.6 Å². The first kappa shape index (κ1) is 22.0. The highest BCUT2D eigenvalue weighted by Gasteiger charge is 2.16. The second kappa shape index (κ2) is 9.97.